The number of ether oxygens (including phenoxy) is 2. The van der Waals surface area contributed by atoms with Gasteiger partial charge >= 0.3 is 0 Å². The summed E-state index contributed by atoms with van der Waals surface area (Å²) in [6, 6.07) is 0. The molecule has 0 radical (unpaired) electrons. The van der Waals surface area contributed by atoms with Crippen LogP contribution >= 0.6 is 0 Å². The molecule has 2 fully saturated rings. The van der Waals surface area contributed by atoms with Crippen LogP contribution in [0.2, 0.25) is 0 Å². The number of nitrogens with two attached hydrogens (primary N) is 1. The molecule has 5 heteroatoms. The normalized spacial score (nSPS) is 28.4. The molecule has 2 aliphatic rings. The Morgan fingerprint density at radius 1 is 1.21 bits per heavy atom. The molecule has 0 spiro atoms. The summed E-state index contributed by atoms with van der Waals surface area (Å²) in [7, 11) is 0. The molecule has 1 saturated heterocycles. The van der Waals surface area contributed by atoms with E-state index in [0.29, 0.717) is 44.7 Å². The number of nitrogens with zero attached hydrogens (tertiary/aromatic N) is 1. The van der Waals surface area contributed by atoms with E-state index in [1.165, 1.54) is 25.7 Å². The number of hydrogen-bond acceptors (Lipinski definition) is 4. The lowest BCUT2D eigenvalue weighted by Crippen LogP contribution is -2.42. The van der Waals surface area contributed by atoms with Gasteiger partial charge in [0.15, 0.2) is 0 Å². The number of rotatable bonds is 5. The van der Waals surface area contributed by atoms with Gasteiger partial charge in [0.25, 0.3) is 0 Å². The third-order valence-corrected chi connectivity index (χ3v) is 4.29. The fraction of sp³-hybridized carbons (Fsp3) is 0.929. The second kappa shape index (κ2) is 7.82. The minimum absolute atomic E-state index is 0.0865. The summed E-state index contributed by atoms with van der Waals surface area (Å²) < 4.78 is 10.9. The van der Waals surface area contributed by atoms with Gasteiger partial charge in [-0.3, -0.25) is 4.79 Å². The van der Waals surface area contributed by atoms with E-state index in [0.717, 1.165) is 6.54 Å². The van der Waals surface area contributed by atoms with Crippen LogP contribution in [0.15, 0.2) is 0 Å². The van der Waals surface area contributed by atoms with Crippen LogP contribution in [-0.4, -0.2) is 56.9 Å². The van der Waals surface area contributed by atoms with Crippen LogP contribution in [0.25, 0.3) is 0 Å². The van der Waals surface area contributed by atoms with Crippen LogP contribution in [-0.2, 0) is 14.3 Å². The zero-order chi connectivity index (χ0) is 13.5. The second-order valence-corrected chi connectivity index (χ2v) is 5.55. The SMILES string of the molecule is NCC1CCCCC1COCC(=O)N1CCOCC1. The molecule has 1 aliphatic carbocycles. The Morgan fingerprint density at radius 3 is 2.58 bits per heavy atom. The standard InChI is InChI=1S/C14H26N2O3/c15-9-12-3-1-2-4-13(12)10-19-11-14(17)16-5-7-18-8-6-16/h12-13H,1-11,15H2. The molecule has 2 atom stereocenters. The van der Waals surface area contributed by atoms with Crippen molar-refractivity contribution in [3.63, 3.8) is 0 Å². The zero-order valence-corrected chi connectivity index (χ0v) is 11.7. The van der Waals surface area contributed by atoms with Gasteiger partial charge in [-0.15, -0.1) is 0 Å². The number of hydrogen-bond donors (Lipinski definition) is 1. The first-order valence-corrected chi connectivity index (χ1v) is 7.44. The minimum Gasteiger partial charge on any atom is -0.378 e. The minimum atomic E-state index is 0.0865. The smallest absolute Gasteiger partial charge is 0.248 e. The Balaban J connectivity index is 1.65. The lowest BCUT2D eigenvalue weighted by Gasteiger charge is -2.31. The lowest BCUT2D eigenvalue weighted by atomic mass is 9.80. The predicted molar refractivity (Wildman–Crippen MR) is 72.7 cm³/mol. The summed E-state index contributed by atoms with van der Waals surface area (Å²) in [5.41, 5.74) is 5.80. The highest BCUT2D eigenvalue weighted by Gasteiger charge is 2.24. The van der Waals surface area contributed by atoms with Gasteiger partial charge in [-0.1, -0.05) is 12.8 Å². The molecule has 0 aromatic heterocycles. The van der Waals surface area contributed by atoms with Gasteiger partial charge in [0.05, 0.1) is 19.8 Å². The van der Waals surface area contributed by atoms with Gasteiger partial charge in [-0.2, -0.15) is 0 Å². The molecule has 5 nitrogen and oxygen atoms in total. The lowest BCUT2D eigenvalue weighted by molar-refractivity contribution is -0.141. The first-order valence-electron chi connectivity index (χ1n) is 7.44. The van der Waals surface area contributed by atoms with E-state index in [1.807, 2.05) is 4.90 Å². The van der Waals surface area contributed by atoms with Crippen molar-refractivity contribution in [2.45, 2.75) is 25.7 Å². The number of carbonyl (C=O) groups is 1. The first kappa shape index (κ1) is 14.8. The number of amides is 1. The monoisotopic (exact) mass is 270 g/mol. The van der Waals surface area contributed by atoms with E-state index in [9.17, 15) is 4.79 Å². The van der Waals surface area contributed by atoms with Crippen molar-refractivity contribution >= 4 is 5.91 Å². The summed E-state index contributed by atoms with van der Waals surface area (Å²) in [6.45, 7) is 4.29. The van der Waals surface area contributed by atoms with E-state index < -0.39 is 0 Å². The van der Waals surface area contributed by atoms with Gasteiger partial charge in [-0.05, 0) is 31.2 Å². The van der Waals surface area contributed by atoms with Gasteiger partial charge in [-0.25, -0.2) is 0 Å². The maximum absolute atomic E-state index is 11.9. The van der Waals surface area contributed by atoms with Crippen molar-refractivity contribution in [3.8, 4) is 0 Å². The van der Waals surface area contributed by atoms with Gasteiger partial charge in [0, 0.05) is 13.1 Å². The van der Waals surface area contributed by atoms with Crippen LogP contribution < -0.4 is 5.73 Å². The maximum atomic E-state index is 11.9. The summed E-state index contributed by atoms with van der Waals surface area (Å²) in [5.74, 6) is 1.20. The summed E-state index contributed by atoms with van der Waals surface area (Å²) >= 11 is 0. The molecule has 110 valence electrons. The Morgan fingerprint density at radius 2 is 1.89 bits per heavy atom. The molecular formula is C14H26N2O3. The van der Waals surface area contributed by atoms with Crippen LogP contribution in [0.4, 0.5) is 0 Å². The van der Waals surface area contributed by atoms with Crippen molar-refractivity contribution < 1.29 is 14.3 Å². The average Bonchev–Trinajstić information content (AvgIpc) is 2.48. The second-order valence-electron chi connectivity index (χ2n) is 5.55. The largest absolute Gasteiger partial charge is 0.378 e. The zero-order valence-electron chi connectivity index (χ0n) is 11.7. The quantitative estimate of drug-likeness (QED) is 0.795. The Hall–Kier alpha value is -0.650. The van der Waals surface area contributed by atoms with E-state index in [1.54, 1.807) is 0 Å². The topological polar surface area (TPSA) is 64.8 Å². The van der Waals surface area contributed by atoms with Gasteiger partial charge < -0.3 is 20.1 Å². The first-order chi connectivity index (χ1) is 9.31. The summed E-state index contributed by atoms with van der Waals surface area (Å²) in [4.78, 5) is 13.7. The van der Waals surface area contributed by atoms with Crippen molar-refractivity contribution in [2.75, 3.05) is 46.1 Å². The highest BCUT2D eigenvalue weighted by Crippen LogP contribution is 2.29. The van der Waals surface area contributed by atoms with Crippen molar-refractivity contribution in [1.82, 2.24) is 4.90 Å². The van der Waals surface area contributed by atoms with Gasteiger partial charge in [0.2, 0.25) is 5.91 Å². The summed E-state index contributed by atoms with van der Waals surface area (Å²) in [5, 5.41) is 0. The highest BCUT2D eigenvalue weighted by molar-refractivity contribution is 5.77. The van der Waals surface area contributed by atoms with E-state index in [4.69, 9.17) is 15.2 Å². The summed E-state index contributed by atoms with van der Waals surface area (Å²) in [6.07, 6.45) is 4.95. The Labute approximate surface area is 115 Å². The number of morpholine rings is 1. The highest BCUT2D eigenvalue weighted by atomic mass is 16.5. The molecule has 1 saturated carbocycles. The van der Waals surface area contributed by atoms with E-state index in [2.05, 4.69) is 0 Å². The molecule has 19 heavy (non-hydrogen) atoms. The van der Waals surface area contributed by atoms with E-state index in [-0.39, 0.29) is 12.5 Å². The van der Waals surface area contributed by atoms with E-state index >= 15 is 0 Å². The average molecular weight is 270 g/mol. The molecular weight excluding hydrogens is 244 g/mol. The number of carbonyl (C=O) groups excluding carboxylic acids is 1. The molecule has 0 aromatic rings. The molecule has 2 N–H and O–H groups in total. The van der Waals surface area contributed by atoms with Crippen LogP contribution in [0, 0.1) is 11.8 Å². The predicted octanol–water partition coefficient (Wildman–Crippen LogP) is 0.627. The third-order valence-electron chi connectivity index (χ3n) is 4.29. The third kappa shape index (κ3) is 4.44. The van der Waals surface area contributed by atoms with Crippen molar-refractivity contribution in [2.24, 2.45) is 17.6 Å². The fourth-order valence-electron chi connectivity index (χ4n) is 3.02. The molecule has 1 amide bonds. The molecule has 0 bridgehead atoms. The van der Waals surface area contributed by atoms with Crippen LogP contribution in [0.1, 0.15) is 25.7 Å². The molecule has 1 heterocycles. The molecule has 2 rings (SSSR count). The van der Waals surface area contributed by atoms with Crippen molar-refractivity contribution in [3.05, 3.63) is 0 Å². The Kier molecular flexibility index (Phi) is 6.07. The van der Waals surface area contributed by atoms with Crippen LogP contribution in [0.5, 0.6) is 0 Å². The van der Waals surface area contributed by atoms with Crippen molar-refractivity contribution in [1.29, 1.82) is 0 Å². The molecule has 0 aromatic carbocycles. The molecule has 1 aliphatic heterocycles. The van der Waals surface area contributed by atoms with Crippen LogP contribution in [0.3, 0.4) is 0 Å². The Bertz CT molecular complexity index is 280. The maximum Gasteiger partial charge on any atom is 0.248 e. The van der Waals surface area contributed by atoms with Gasteiger partial charge in [0.1, 0.15) is 6.61 Å². The fourth-order valence-corrected chi connectivity index (χ4v) is 3.02. The molecule has 2 unspecified atom stereocenters.